The Morgan fingerprint density at radius 1 is 0.690 bits per heavy atom. The fourth-order valence-corrected chi connectivity index (χ4v) is 4.11. The average molecular weight is 584 g/mol. The minimum atomic E-state index is -1.23. The topological polar surface area (TPSA) is 143 Å². The number of rotatable bonds is 20. The molecule has 0 spiro atoms. The molecular weight excluding hydrogens is 538 g/mol. The van der Waals surface area contributed by atoms with E-state index in [4.69, 9.17) is 9.47 Å². The highest BCUT2D eigenvalue weighted by molar-refractivity contribution is 6.03. The van der Waals surface area contributed by atoms with Gasteiger partial charge in [0.1, 0.15) is 17.1 Å². The van der Waals surface area contributed by atoms with E-state index >= 15 is 0 Å². The molecule has 0 bridgehead atoms. The molecule has 10 nitrogen and oxygen atoms in total. The maximum Gasteiger partial charge on any atom is 0.339 e. The van der Waals surface area contributed by atoms with E-state index in [-0.39, 0.29) is 35.1 Å². The normalized spacial score (nSPS) is 10.5. The fraction of sp³-hybridized carbons (Fsp3) is 0.500. The molecule has 0 unspecified atom stereocenters. The lowest BCUT2D eigenvalue weighted by atomic mass is 10.1. The molecule has 230 valence electrons. The van der Waals surface area contributed by atoms with Crippen molar-refractivity contribution in [2.75, 3.05) is 30.4 Å². The van der Waals surface area contributed by atoms with Gasteiger partial charge in [0, 0.05) is 23.9 Å². The molecule has 0 saturated carbocycles. The second-order valence-corrected chi connectivity index (χ2v) is 10.1. The standard InChI is InChI=1S/C32H45N3O7/c1-4-7-10-16-29(36)34-23-14-13-15-24(19-23)35-30(37)22-33-31(38)25-20-26(32(39)40)28(42-18-12-9-6-3)21-27(25)41-17-11-8-5-2/h13-15,19-21H,4-12,16-18,22H2,1-3H3,(H,33,38)(H,34,36)(H,35,37)(H,39,40). The fourth-order valence-electron chi connectivity index (χ4n) is 4.11. The molecule has 0 heterocycles. The summed E-state index contributed by atoms with van der Waals surface area (Å²) in [5, 5.41) is 17.9. The second kappa shape index (κ2) is 19.1. The van der Waals surface area contributed by atoms with Gasteiger partial charge in [0.05, 0.1) is 25.3 Å². The van der Waals surface area contributed by atoms with Gasteiger partial charge in [0.25, 0.3) is 5.91 Å². The number of unbranched alkanes of at least 4 members (excludes halogenated alkanes) is 6. The molecule has 2 aromatic carbocycles. The first-order chi connectivity index (χ1) is 20.3. The van der Waals surface area contributed by atoms with Crippen LogP contribution < -0.4 is 25.4 Å². The van der Waals surface area contributed by atoms with Gasteiger partial charge in [-0.3, -0.25) is 14.4 Å². The van der Waals surface area contributed by atoms with Crippen molar-refractivity contribution in [3.8, 4) is 11.5 Å². The monoisotopic (exact) mass is 583 g/mol. The predicted octanol–water partition coefficient (Wildman–Crippen LogP) is 6.41. The molecule has 0 aromatic heterocycles. The number of anilines is 2. The number of carbonyl (C=O) groups is 4. The average Bonchev–Trinajstić information content (AvgIpc) is 2.96. The van der Waals surface area contributed by atoms with Crippen LogP contribution in [0.5, 0.6) is 11.5 Å². The lowest BCUT2D eigenvalue weighted by molar-refractivity contribution is -0.116. The number of carboxylic acids is 1. The van der Waals surface area contributed by atoms with Crippen LogP contribution in [0.4, 0.5) is 11.4 Å². The largest absolute Gasteiger partial charge is 0.493 e. The van der Waals surface area contributed by atoms with Gasteiger partial charge in [-0.05, 0) is 43.5 Å². The highest BCUT2D eigenvalue weighted by Crippen LogP contribution is 2.30. The van der Waals surface area contributed by atoms with Gasteiger partial charge in [0.15, 0.2) is 0 Å². The zero-order chi connectivity index (χ0) is 30.7. The van der Waals surface area contributed by atoms with Gasteiger partial charge in [-0.25, -0.2) is 4.79 Å². The Labute approximate surface area is 248 Å². The Morgan fingerprint density at radius 2 is 1.24 bits per heavy atom. The van der Waals surface area contributed by atoms with Crippen molar-refractivity contribution in [2.24, 2.45) is 0 Å². The smallest absolute Gasteiger partial charge is 0.339 e. The van der Waals surface area contributed by atoms with Crippen molar-refractivity contribution in [1.29, 1.82) is 0 Å². The summed E-state index contributed by atoms with van der Waals surface area (Å²) in [5.74, 6) is -2.14. The Bertz CT molecular complexity index is 1180. The van der Waals surface area contributed by atoms with Gasteiger partial charge >= 0.3 is 5.97 Å². The molecule has 2 rings (SSSR count). The summed E-state index contributed by atoms with van der Waals surface area (Å²) in [6, 6.07) is 9.42. The lowest BCUT2D eigenvalue weighted by Gasteiger charge is -2.16. The van der Waals surface area contributed by atoms with Crippen molar-refractivity contribution in [1.82, 2.24) is 5.32 Å². The van der Waals surface area contributed by atoms with E-state index in [2.05, 4.69) is 36.7 Å². The van der Waals surface area contributed by atoms with Crippen LogP contribution in [0, 0.1) is 0 Å². The molecule has 0 atom stereocenters. The Balaban J connectivity index is 2.09. The Morgan fingerprint density at radius 3 is 1.81 bits per heavy atom. The van der Waals surface area contributed by atoms with Crippen molar-refractivity contribution < 1.29 is 33.8 Å². The summed E-state index contributed by atoms with van der Waals surface area (Å²) in [6.45, 7) is 6.53. The molecule has 0 fully saturated rings. The van der Waals surface area contributed by atoms with Crippen molar-refractivity contribution >= 4 is 35.1 Å². The van der Waals surface area contributed by atoms with Crippen LogP contribution in [0.1, 0.15) is 106 Å². The quantitative estimate of drug-likeness (QED) is 0.132. The van der Waals surface area contributed by atoms with Gasteiger partial charge < -0.3 is 30.5 Å². The number of benzene rings is 2. The summed E-state index contributed by atoms with van der Waals surface area (Å²) in [4.78, 5) is 49.9. The van der Waals surface area contributed by atoms with Crippen LogP contribution in [0.25, 0.3) is 0 Å². The molecule has 3 amide bonds. The number of aromatic carboxylic acids is 1. The zero-order valence-electron chi connectivity index (χ0n) is 25.1. The van der Waals surface area contributed by atoms with Gasteiger partial charge in [-0.1, -0.05) is 65.4 Å². The number of carbonyl (C=O) groups excluding carboxylic acids is 3. The maximum absolute atomic E-state index is 13.1. The van der Waals surface area contributed by atoms with Crippen molar-refractivity contribution in [2.45, 2.75) is 85.0 Å². The predicted molar refractivity (Wildman–Crippen MR) is 164 cm³/mol. The van der Waals surface area contributed by atoms with E-state index < -0.39 is 17.8 Å². The summed E-state index contributed by atoms with van der Waals surface area (Å²) in [5.41, 5.74) is 0.862. The first-order valence-electron chi connectivity index (χ1n) is 14.9. The van der Waals surface area contributed by atoms with Crippen LogP contribution in [-0.4, -0.2) is 48.6 Å². The highest BCUT2D eigenvalue weighted by Gasteiger charge is 2.22. The van der Waals surface area contributed by atoms with Gasteiger partial charge in [-0.15, -0.1) is 0 Å². The van der Waals surface area contributed by atoms with Crippen LogP contribution >= 0.6 is 0 Å². The number of hydrogen-bond acceptors (Lipinski definition) is 6. The minimum absolute atomic E-state index is 0.00499. The summed E-state index contributed by atoms with van der Waals surface area (Å²) in [7, 11) is 0. The molecule has 0 saturated heterocycles. The van der Waals surface area contributed by atoms with E-state index in [9.17, 15) is 24.3 Å². The van der Waals surface area contributed by atoms with E-state index in [1.54, 1.807) is 24.3 Å². The molecule has 0 radical (unpaired) electrons. The summed E-state index contributed by atoms with van der Waals surface area (Å²) >= 11 is 0. The molecule has 42 heavy (non-hydrogen) atoms. The van der Waals surface area contributed by atoms with Gasteiger partial charge in [-0.2, -0.15) is 0 Å². The van der Waals surface area contributed by atoms with Crippen molar-refractivity contribution in [3.63, 3.8) is 0 Å². The first kappa shape index (κ1) is 34.1. The van der Waals surface area contributed by atoms with E-state index in [1.807, 2.05) is 0 Å². The number of hydrogen-bond donors (Lipinski definition) is 4. The lowest BCUT2D eigenvalue weighted by Crippen LogP contribution is -2.33. The molecule has 0 aliphatic rings. The molecule has 10 heteroatoms. The molecule has 4 N–H and O–H groups in total. The van der Waals surface area contributed by atoms with E-state index in [1.165, 1.54) is 12.1 Å². The van der Waals surface area contributed by atoms with Crippen LogP contribution in [-0.2, 0) is 9.59 Å². The Hall–Kier alpha value is -4.08. The maximum atomic E-state index is 13.1. The third-order valence-corrected chi connectivity index (χ3v) is 6.41. The first-order valence-corrected chi connectivity index (χ1v) is 14.9. The SMILES string of the molecule is CCCCCOc1cc(OCCCCC)c(C(=O)NCC(=O)Nc2cccc(NC(=O)CCCCC)c2)cc1C(=O)O. The third kappa shape index (κ3) is 12.2. The molecular formula is C32H45N3O7. The van der Waals surface area contributed by atoms with E-state index in [0.29, 0.717) is 31.0 Å². The number of nitrogens with one attached hydrogen (secondary N) is 3. The van der Waals surface area contributed by atoms with E-state index in [0.717, 1.165) is 57.8 Å². The summed E-state index contributed by atoms with van der Waals surface area (Å²) < 4.78 is 11.6. The Kier molecular flexibility index (Phi) is 15.5. The number of amides is 3. The summed E-state index contributed by atoms with van der Waals surface area (Å²) in [6.07, 6.45) is 8.66. The van der Waals surface area contributed by atoms with Crippen LogP contribution in [0.15, 0.2) is 36.4 Å². The number of carboxylic acid groups (broad SMARTS) is 1. The van der Waals surface area contributed by atoms with Crippen LogP contribution in [0.3, 0.4) is 0 Å². The molecule has 0 aliphatic heterocycles. The number of ether oxygens (including phenoxy) is 2. The zero-order valence-corrected chi connectivity index (χ0v) is 25.1. The second-order valence-electron chi connectivity index (χ2n) is 10.1. The van der Waals surface area contributed by atoms with Crippen molar-refractivity contribution in [3.05, 3.63) is 47.5 Å². The third-order valence-electron chi connectivity index (χ3n) is 6.41. The molecule has 2 aromatic rings. The highest BCUT2D eigenvalue weighted by atomic mass is 16.5. The van der Waals surface area contributed by atoms with Gasteiger partial charge in [0.2, 0.25) is 11.8 Å². The minimum Gasteiger partial charge on any atom is -0.493 e. The van der Waals surface area contributed by atoms with Crippen LogP contribution in [0.2, 0.25) is 0 Å². The molecule has 0 aliphatic carbocycles.